The molecule has 4 heteroatoms. The van der Waals surface area contributed by atoms with Gasteiger partial charge in [0.1, 0.15) is 11.1 Å². The Hall–Kier alpha value is -2.12. The number of hydrogen-bond donors (Lipinski definition) is 0. The first-order valence-corrected chi connectivity index (χ1v) is 8.17. The predicted octanol–water partition coefficient (Wildman–Crippen LogP) is 4.11. The maximum Gasteiger partial charge on any atom is 0.173 e. The number of benzene rings is 1. The summed E-state index contributed by atoms with van der Waals surface area (Å²) in [6.45, 7) is 5.98. The lowest BCUT2D eigenvalue weighted by molar-refractivity contribution is 0.102. The standard InChI is InChI=1S/C18H18N2OS/c1-4-16-13(3)9-15(10-19)18(20-16)22-11-17(21)14-7-5-12(2)6-8-14/h5-9H,4,11H2,1-3H3. The molecule has 0 aliphatic heterocycles. The first-order chi connectivity index (χ1) is 10.5. The highest BCUT2D eigenvalue weighted by Gasteiger charge is 2.12. The second kappa shape index (κ2) is 7.24. The summed E-state index contributed by atoms with van der Waals surface area (Å²) < 4.78 is 0. The lowest BCUT2D eigenvalue weighted by atomic mass is 10.1. The second-order valence-electron chi connectivity index (χ2n) is 5.15. The van der Waals surface area contributed by atoms with Gasteiger partial charge in [-0.05, 0) is 31.9 Å². The molecular weight excluding hydrogens is 292 g/mol. The Morgan fingerprint density at radius 1 is 1.27 bits per heavy atom. The van der Waals surface area contributed by atoms with Gasteiger partial charge in [-0.15, -0.1) is 0 Å². The van der Waals surface area contributed by atoms with E-state index < -0.39 is 0 Å². The highest BCUT2D eigenvalue weighted by atomic mass is 32.2. The van der Waals surface area contributed by atoms with Gasteiger partial charge in [0.05, 0.1) is 11.3 Å². The molecule has 0 saturated carbocycles. The molecule has 0 aliphatic rings. The molecule has 1 aromatic heterocycles. The Morgan fingerprint density at radius 2 is 1.95 bits per heavy atom. The monoisotopic (exact) mass is 310 g/mol. The van der Waals surface area contributed by atoms with Crippen molar-refractivity contribution in [2.45, 2.75) is 32.2 Å². The van der Waals surface area contributed by atoms with Crippen LogP contribution in [0.25, 0.3) is 0 Å². The van der Waals surface area contributed by atoms with Crippen molar-refractivity contribution in [1.29, 1.82) is 5.26 Å². The van der Waals surface area contributed by atoms with Gasteiger partial charge in [-0.1, -0.05) is 48.5 Å². The van der Waals surface area contributed by atoms with Crippen LogP contribution in [0.5, 0.6) is 0 Å². The molecule has 2 aromatic rings. The summed E-state index contributed by atoms with van der Waals surface area (Å²) in [6, 6.07) is 11.5. The zero-order valence-electron chi connectivity index (χ0n) is 13.0. The molecule has 1 heterocycles. The predicted molar refractivity (Wildman–Crippen MR) is 89.3 cm³/mol. The van der Waals surface area contributed by atoms with Crippen molar-refractivity contribution in [2.75, 3.05) is 5.75 Å². The highest BCUT2D eigenvalue weighted by molar-refractivity contribution is 8.00. The fourth-order valence-electron chi connectivity index (χ4n) is 2.14. The van der Waals surface area contributed by atoms with Gasteiger partial charge in [0.2, 0.25) is 0 Å². The van der Waals surface area contributed by atoms with Crippen LogP contribution in [-0.4, -0.2) is 16.5 Å². The van der Waals surface area contributed by atoms with Gasteiger partial charge in [-0.25, -0.2) is 4.98 Å². The lowest BCUT2D eigenvalue weighted by Gasteiger charge is -2.08. The van der Waals surface area contributed by atoms with Crippen LogP contribution in [0, 0.1) is 25.2 Å². The average Bonchev–Trinajstić information content (AvgIpc) is 2.53. The van der Waals surface area contributed by atoms with Crippen molar-refractivity contribution < 1.29 is 4.79 Å². The number of Topliss-reactive ketones (excluding diaryl/α,β-unsaturated/α-hetero) is 1. The number of ketones is 1. The van der Waals surface area contributed by atoms with Gasteiger partial charge in [-0.3, -0.25) is 4.79 Å². The van der Waals surface area contributed by atoms with Crippen molar-refractivity contribution >= 4 is 17.5 Å². The molecule has 112 valence electrons. The molecule has 0 fully saturated rings. The molecule has 0 spiro atoms. The number of aromatic nitrogens is 1. The van der Waals surface area contributed by atoms with Crippen LogP contribution in [0.4, 0.5) is 0 Å². The van der Waals surface area contributed by atoms with Crippen LogP contribution in [0.1, 0.15) is 39.7 Å². The van der Waals surface area contributed by atoms with E-state index in [2.05, 4.69) is 11.1 Å². The molecule has 0 atom stereocenters. The summed E-state index contributed by atoms with van der Waals surface area (Å²) in [5.74, 6) is 0.339. The van der Waals surface area contributed by atoms with Gasteiger partial charge in [0.25, 0.3) is 0 Å². The summed E-state index contributed by atoms with van der Waals surface area (Å²) in [4.78, 5) is 16.7. The molecule has 0 unspecified atom stereocenters. The maximum absolute atomic E-state index is 12.2. The fourth-order valence-corrected chi connectivity index (χ4v) is 3.01. The molecule has 3 nitrogen and oxygen atoms in total. The minimum Gasteiger partial charge on any atom is -0.293 e. The van der Waals surface area contributed by atoms with Gasteiger partial charge >= 0.3 is 0 Å². The quantitative estimate of drug-likeness (QED) is 0.616. The van der Waals surface area contributed by atoms with Crippen LogP contribution >= 0.6 is 11.8 Å². The van der Waals surface area contributed by atoms with Crippen molar-refractivity contribution in [3.8, 4) is 6.07 Å². The number of pyridine rings is 1. The number of nitrogens with zero attached hydrogens (tertiary/aromatic N) is 2. The summed E-state index contributed by atoms with van der Waals surface area (Å²) in [5, 5.41) is 9.87. The second-order valence-corrected chi connectivity index (χ2v) is 6.11. The topological polar surface area (TPSA) is 53.8 Å². The first-order valence-electron chi connectivity index (χ1n) is 7.18. The minimum absolute atomic E-state index is 0.0503. The molecule has 0 N–H and O–H groups in total. The minimum atomic E-state index is 0.0503. The molecular formula is C18H18N2OS. The van der Waals surface area contributed by atoms with E-state index in [-0.39, 0.29) is 11.5 Å². The molecule has 0 saturated heterocycles. The van der Waals surface area contributed by atoms with Gasteiger partial charge in [0.15, 0.2) is 5.78 Å². The van der Waals surface area contributed by atoms with Crippen molar-refractivity contribution in [3.63, 3.8) is 0 Å². The largest absolute Gasteiger partial charge is 0.293 e. The van der Waals surface area contributed by atoms with E-state index in [0.717, 1.165) is 23.2 Å². The Morgan fingerprint density at radius 3 is 2.55 bits per heavy atom. The zero-order chi connectivity index (χ0) is 16.1. The number of rotatable bonds is 5. The summed E-state index contributed by atoms with van der Waals surface area (Å²) in [6.07, 6.45) is 0.816. The average molecular weight is 310 g/mol. The summed E-state index contributed by atoms with van der Waals surface area (Å²) >= 11 is 1.33. The molecule has 0 bridgehead atoms. The molecule has 22 heavy (non-hydrogen) atoms. The van der Waals surface area contributed by atoms with Crippen LogP contribution in [-0.2, 0) is 6.42 Å². The third-order valence-electron chi connectivity index (χ3n) is 3.45. The number of hydrogen-bond acceptors (Lipinski definition) is 4. The van der Waals surface area contributed by atoms with Crippen molar-refractivity contribution in [2.24, 2.45) is 0 Å². The van der Waals surface area contributed by atoms with Gasteiger partial charge < -0.3 is 0 Å². The van der Waals surface area contributed by atoms with Crippen LogP contribution in [0.15, 0.2) is 35.4 Å². The number of carbonyl (C=O) groups excluding carboxylic acids is 1. The molecule has 0 radical (unpaired) electrons. The van der Waals surface area contributed by atoms with E-state index in [1.165, 1.54) is 11.8 Å². The van der Waals surface area contributed by atoms with E-state index in [9.17, 15) is 10.1 Å². The van der Waals surface area contributed by atoms with Crippen LogP contribution in [0.3, 0.4) is 0 Å². The Labute approximate surface area is 135 Å². The number of aryl methyl sites for hydroxylation is 3. The van der Waals surface area contributed by atoms with Gasteiger partial charge in [-0.2, -0.15) is 5.26 Å². The molecule has 1 aromatic carbocycles. The smallest absolute Gasteiger partial charge is 0.173 e. The maximum atomic E-state index is 12.2. The number of thioether (sulfide) groups is 1. The number of nitriles is 1. The van der Waals surface area contributed by atoms with E-state index in [1.54, 1.807) is 0 Å². The SMILES string of the molecule is CCc1nc(SCC(=O)c2ccc(C)cc2)c(C#N)cc1C. The Kier molecular flexibility index (Phi) is 5.35. The lowest BCUT2D eigenvalue weighted by Crippen LogP contribution is -2.04. The molecule has 0 amide bonds. The van der Waals surface area contributed by atoms with Crippen LogP contribution < -0.4 is 0 Å². The zero-order valence-corrected chi connectivity index (χ0v) is 13.8. The highest BCUT2D eigenvalue weighted by Crippen LogP contribution is 2.24. The Balaban J connectivity index is 2.15. The summed E-state index contributed by atoms with van der Waals surface area (Å²) in [7, 11) is 0. The van der Waals surface area contributed by atoms with Crippen LogP contribution in [0.2, 0.25) is 0 Å². The van der Waals surface area contributed by atoms with E-state index in [4.69, 9.17) is 0 Å². The number of carbonyl (C=O) groups is 1. The normalized spacial score (nSPS) is 10.3. The summed E-state index contributed by atoms with van der Waals surface area (Å²) in [5.41, 5.74) is 4.36. The van der Waals surface area contributed by atoms with E-state index in [1.807, 2.05) is 51.1 Å². The van der Waals surface area contributed by atoms with Gasteiger partial charge in [0, 0.05) is 11.3 Å². The van der Waals surface area contributed by atoms with E-state index in [0.29, 0.717) is 16.2 Å². The third kappa shape index (κ3) is 3.75. The van der Waals surface area contributed by atoms with Crippen molar-refractivity contribution in [1.82, 2.24) is 4.98 Å². The van der Waals surface area contributed by atoms with Crippen molar-refractivity contribution in [3.05, 3.63) is 58.3 Å². The molecule has 0 aliphatic carbocycles. The fraction of sp³-hybridized carbons (Fsp3) is 0.278. The Bertz CT molecular complexity index is 730. The first kappa shape index (κ1) is 16.3. The van der Waals surface area contributed by atoms with E-state index >= 15 is 0 Å². The third-order valence-corrected chi connectivity index (χ3v) is 4.44. The molecule has 2 rings (SSSR count).